The van der Waals surface area contributed by atoms with Gasteiger partial charge in [0, 0.05) is 6.54 Å². The molecule has 1 atom stereocenters. The molecule has 0 aliphatic carbocycles. The summed E-state index contributed by atoms with van der Waals surface area (Å²) in [5.41, 5.74) is 3.83. The van der Waals surface area contributed by atoms with E-state index in [1.54, 1.807) is 12.7 Å². The number of aryl methyl sites for hydroxylation is 1. The molecule has 0 radical (unpaired) electrons. The molecular formula is C18H20N4. The van der Waals surface area contributed by atoms with E-state index in [9.17, 15) is 0 Å². The summed E-state index contributed by atoms with van der Waals surface area (Å²) in [6.07, 6.45) is 3.33. The number of hydrogen-bond donors (Lipinski definition) is 1. The molecule has 0 bridgehead atoms. The molecule has 4 heteroatoms. The summed E-state index contributed by atoms with van der Waals surface area (Å²) in [5.74, 6) is 0. The molecule has 22 heavy (non-hydrogen) atoms. The molecule has 0 aliphatic rings. The Morgan fingerprint density at radius 3 is 2.68 bits per heavy atom. The predicted molar refractivity (Wildman–Crippen MR) is 87.2 cm³/mol. The average Bonchev–Trinajstić information content (AvgIpc) is 3.05. The molecule has 0 saturated heterocycles. The van der Waals surface area contributed by atoms with Gasteiger partial charge in [-0.2, -0.15) is 5.10 Å². The number of nitrogens with one attached hydrogen (secondary N) is 1. The highest BCUT2D eigenvalue weighted by Crippen LogP contribution is 2.15. The zero-order valence-corrected chi connectivity index (χ0v) is 12.7. The molecule has 4 nitrogen and oxygen atoms in total. The highest BCUT2D eigenvalue weighted by molar-refractivity contribution is 5.23. The molecule has 0 amide bonds. The summed E-state index contributed by atoms with van der Waals surface area (Å²) in [4.78, 5) is 4.02. The average molecular weight is 292 g/mol. The zero-order valence-electron chi connectivity index (χ0n) is 12.7. The molecule has 3 rings (SSSR count). The Morgan fingerprint density at radius 1 is 1.09 bits per heavy atom. The van der Waals surface area contributed by atoms with E-state index in [-0.39, 0.29) is 6.04 Å². The summed E-state index contributed by atoms with van der Waals surface area (Å²) in [6, 6.07) is 19.2. The van der Waals surface area contributed by atoms with Crippen LogP contribution in [-0.4, -0.2) is 14.8 Å². The fourth-order valence-electron chi connectivity index (χ4n) is 2.55. The maximum Gasteiger partial charge on any atom is 0.137 e. The monoisotopic (exact) mass is 292 g/mol. The largest absolute Gasteiger partial charge is 0.304 e. The van der Waals surface area contributed by atoms with Gasteiger partial charge in [0.05, 0.1) is 12.6 Å². The van der Waals surface area contributed by atoms with Gasteiger partial charge in [0.15, 0.2) is 0 Å². The smallest absolute Gasteiger partial charge is 0.137 e. The SMILES string of the molecule is Cc1cccc(CN[C@H](Cn2cncn2)c2ccccc2)c1. The van der Waals surface area contributed by atoms with Crippen LogP contribution in [0.1, 0.15) is 22.7 Å². The van der Waals surface area contributed by atoms with E-state index in [1.165, 1.54) is 16.7 Å². The van der Waals surface area contributed by atoms with Crippen molar-refractivity contribution < 1.29 is 0 Å². The first-order chi connectivity index (χ1) is 10.8. The van der Waals surface area contributed by atoms with Crippen LogP contribution in [0.2, 0.25) is 0 Å². The normalized spacial score (nSPS) is 12.2. The van der Waals surface area contributed by atoms with E-state index in [0.717, 1.165) is 13.1 Å². The molecule has 0 saturated carbocycles. The molecule has 0 spiro atoms. The van der Waals surface area contributed by atoms with Crippen LogP contribution in [0.25, 0.3) is 0 Å². The first-order valence-electron chi connectivity index (χ1n) is 7.47. The predicted octanol–water partition coefficient (Wildman–Crippen LogP) is 3.12. The van der Waals surface area contributed by atoms with Crippen molar-refractivity contribution in [3.8, 4) is 0 Å². The number of hydrogen-bond acceptors (Lipinski definition) is 3. The van der Waals surface area contributed by atoms with Crippen molar-refractivity contribution >= 4 is 0 Å². The van der Waals surface area contributed by atoms with Crippen LogP contribution in [0.5, 0.6) is 0 Å². The summed E-state index contributed by atoms with van der Waals surface area (Å²) in [7, 11) is 0. The van der Waals surface area contributed by atoms with Gasteiger partial charge in [-0.05, 0) is 18.1 Å². The van der Waals surface area contributed by atoms with Crippen molar-refractivity contribution in [2.24, 2.45) is 0 Å². The second-order valence-electron chi connectivity index (χ2n) is 5.45. The summed E-state index contributed by atoms with van der Waals surface area (Å²) in [5, 5.41) is 7.85. The van der Waals surface area contributed by atoms with Crippen molar-refractivity contribution in [1.82, 2.24) is 20.1 Å². The molecular weight excluding hydrogens is 272 g/mol. The van der Waals surface area contributed by atoms with Gasteiger partial charge in [0.1, 0.15) is 12.7 Å². The second-order valence-corrected chi connectivity index (χ2v) is 5.45. The lowest BCUT2D eigenvalue weighted by Gasteiger charge is -2.19. The lowest BCUT2D eigenvalue weighted by molar-refractivity contribution is 0.436. The van der Waals surface area contributed by atoms with E-state index >= 15 is 0 Å². The lowest BCUT2D eigenvalue weighted by Crippen LogP contribution is -2.25. The zero-order chi connectivity index (χ0) is 15.2. The first-order valence-corrected chi connectivity index (χ1v) is 7.47. The fourth-order valence-corrected chi connectivity index (χ4v) is 2.55. The van der Waals surface area contributed by atoms with E-state index < -0.39 is 0 Å². The second kappa shape index (κ2) is 7.00. The Labute approximate surface area is 130 Å². The van der Waals surface area contributed by atoms with Crippen molar-refractivity contribution in [1.29, 1.82) is 0 Å². The summed E-state index contributed by atoms with van der Waals surface area (Å²) >= 11 is 0. The fraction of sp³-hybridized carbons (Fsp3) is 0.222. The number of aromatic nitrogens is 3. The quantitative estimate of drug-likeness (QED) is 0.759. The van der Waals surface area contributed by atoms with E-state index in [1.807, 2.05) is 10.7 Å². The van der Waals surface area contributed by atoms with Gasteiger partial charge in [0.25, 0.3) is 0 Å². The molecule has 112 valence electrons. The van der Waals surface area contributed by atoms with Crippen LogP contribution in [0.4, 0.5) is 0 Å². The van der Waals surface area contributed by atoms with Crippen LogP contribution in [0, 0.1) is 6.92 Å². The number of nitrogens with zero attached hydrogens (tertiary/aromatic N) is 3. The van der Waals surface area contributed by atoms with Crippen LogP contribution < -0.4 is 5.32 Å². The van der Waals surface area contributed by atoms with E-state index in [4.69, 9.17) is 0 Å². The Bertz CT molecular complexity index is 692. The molecule has 3 aromatic rings. The minimum Gasteiger partial charge on any atom is -0.304 e. The summed E-state index contributed by atoms with van der Waals surface area (Å²) < 4.78 is 1.86. The van der Waals surface area contributed by atoms with Crippen molar-refractivity contribution in [2.75, 3.05) is 0 Å². The minimum absolute atomic E-state index is 0.198. The molecule has 2 aromatic carbocycles. The molecule has 0 fully saturated rings. The van der Waals surface area contributed by atoms with E-state index in [0.29, 0.717) is 0 Å². The topological polar surface area (TPSA) is 42.7 Å². The Morgan fingerprint density at radius 2 is 1.95 bits per heavy atom. The Kier molecular flexibility index (Phi) is 4.61. The van der Waals surface area contributed by atoms with Gasteiger partial charge < -0.3 is 5.32 Å². The van der Waals surface area contributed by atoms with Gasteiger partial charge in [0.2, 0.25) is 0 Å². The Balaban J connectivity index is 1.73. The third kappa shape index (κ3) is 3.80. The van der Waals surface area contributed by atoms with E-state index in [2.05, 4.69) is 70.9 Å². The maximum absolute atomic E-state index is 4.22. The van der Waals surface area contributed by atoms with Crippen molar-refractivity contribution in [2.45, 2.75) is 26.1 Å². The van der Waals surface area contributed by atoms with Gasteiger partial charge >= 0.3 is 0 Å². The molecule has 0 unspecified atom stereocenters. The van der Waals surface area contributed by atoms with Gasteiger partial charge in [-0.1, -0.05) is 60.2 Å². The standard InChI is InChI=1S/C18H20N4/c1-15-6-5-7-16(10-15)11-20-18(12-22-14-19-13-21-22)17-8-3-2-4-9-17/h2-10,13-14,18,20H,11-12H2,1H3/t18-/m1/s1. The van der Waals surface area contributed by atoms with Crippen molar-refractivity contribution in [3.05, 3.63) is 83.9 Å². The summed E-state index contributed by atoms with van der Waals surface area (Å²) in [6.45, 7) is 3.71. The van der Waals surface area contributed by atoms with Crippen molar-refractivity contribution in [3.63, 3.8) is 0 Å². The molecule has 0 aliphatic heterocycles. The third-order valence-corrected chi connectivity index (χ3v) is 3.67. The molecule has 1 N–H and O–H groups in total. The van der Waals surface area contributed by atoms with Crippen LogP contribution in [-0.2, 0) is 13.1 Å². The molecule has 1 aromatic heterocycles. The highest BCUT2D eigenvalue weighted by atomic mass is 15.3. The van der Waals surface area contributed by atoms with Gasteiger partial charge in [-0.25, -0.2) is 4.98 Å². The Hall–Kier alpha value is -2.46. The first kappa shape index (κ1) is 14.5. The maximum atomic E-state index is 4.22. The van der Waals surface area contributed by atoms with Crippen LogP contribution in [0.3, 0.4) is 0 Å². The molecule has 1 heterocycles. The minimum atomic E-state index is 0.198. The van der Waals surface area contributed by atoms with Gasteiger partial charge in [-0.3, -0.25) is 4.68 Å². The highest BCUT2D eigenvalue weighted by Gasteiger charge is 2.12. The number of rotatable bonds is 6. The third-order valence-electron chi connectivity index (χ3n) is 3.67. The van der Waals surface area contributed by atoms with Crippen LogP contribution in [0.15, 0.2) is 67.3 Å². The number of benzene rings is 2. The van der Waals surface area contributed by atoms with Gasteiger partial charge in [-0.15, -0.1) is 0 Å². The van der Waals surface area contributed by atoms with Crippen LogP contribution >= 0.6 is 0 Å². The lowest BCUT2D eigenvalue weighted by atomic mass is 10.1.